The minimum atomic E-state index is -0.248. The highest BCUT2D eigenvalue weighted by Crippen LogP contribution is 2.32. The fourth-order valence-corrected chi connectivity index (χ4v) is 3.19. The molecule has 1 fully saturated rings. The van der Waals surface area contributed by atoms with Crippen molar-refractivity contribution in [3.05, 3.63) is 35.5 Å². The van der Waals surface area contributed by atoms with E-state index in [0.29, 0.717) is 17.4 Å². The maximum absolute atomic E-state index is 12.4. The van der Waals surface area contributed by atoms with Crippen molar-refractivity contribution in [3.63, 3.8) is 0 Å². The number of benzene rings is 1. The summed E-state index contributed by atoms with van der Waals surface area (Å²) in [5.41, 5.74) is 1.60. The number of allylic oxidation sites excluding steroid dienone is 1. The van der Waals surface area contributed by atoms with Crippen molar-refractivity contribution in [1.29, 1.82) is 0 Å². The molecule has 24 heavy (non-hydrogen) atoms. The van der Waals surface area contributed by atoms with Gasteiger partial charge in [-0.1, -0.05) is 11.6 Å². The van der Waals surface area contributed by atoms with Crippen LogP contribution in [0.5, 0.6) is 0 Å². The van der Waals surface area contributed by atoms with Crippen LogP contribution in [0.25, 0.3) is 0 Å². The first-order valence-electron chi connectivity index (χ1n) is 8.07. The third-order valence-electron chi connectivity index (χ3n) is 4.27. The molecule has 0 aromatic heterocycles. The molecule has 0 bridgehead atoms. The van der Waals surface area contributed by atoms with Crippen molar-refractivity contribution < 1.29 is 9.90 Å². The van der Waals surface area contributed by atoms with Gasteiger partial charge in [-0.05, 0) is 43.0 Å². The average Bonchev–Trinajstić information content (AvgIpc) is 2.62. The first kappa shape index (κ1) is 16.8. The number of piperidine rings is 1. The summed E-state index contributed by atoms with van der Waals surface area (Å²) in [5.74, 6) is 0.261. The van der Waals surface area contributed by atoms with Gasteiger partial charge in [0.25, 0.3) is 0 Å². The number of carbonyl (C=O) groups excluding carboxylic acids is 1. The summed E-state index contributed by atoms with van der Waals surface area (Å²) >= 11 is 6.12. The number of urea groups is 1. The van der Waals surface area contributed by atoms with Gasteiger partial charge in [0, 0.05) is 37.1 Å². The van der Waals surface area contributed by atoms with Gasteiger partial charge in [-0.2, -0.15) is 0 Å². The van der Waals surface area contributed by atoms with Gasteiger partial charge in [0.05, 0.1) is 11.4 Å². The Labute approximate surface area is 146 Å². The Bertz CT molecular complexity index is 662. The van der Waals surface area contributed by atoms with Crippen molar-refractivity contribution in [3.8, 4) is 0 Å². The van der Waals surface area contributed by atoms with E-state index in [-0.39, 0.29) is 18.6 Å². The zero-order valence-electron chi connectivity index (χ0n) is 13.4. The molecule has 1 aromatic carbocycles. The molecule has 7 heteroatoms. The first-order valence-corrected chi connectivity index (χ1v) is 8.45. The molecule has 1 atom stereocenters. The topological polar surface area (TPSA) is 68.2 Å². The zero-order chi connectivity index (χ0) is 16.9. The van der Waals surface area contributed by atoms with Crippen LogP contribution in [0.1, 0.15) is 12.8 Å². The van der Waals surface area contributed by atoms with E-state index in [9.17, 15) is 9.90 Å². The van der Waals surface area contributed by atoms with Crippen molar-refractivity contribution in [2.45, 2.75) is 12.8 Å². The van der Waals surface area contributed by atoms with Gasteiger partial charge in [0.15, 0.2) is 0 Å². The molecule has 128 valence electrons. The van der Waals surface area contributed by atoms with Gasteiger partial charge in [0.1, 0.15) is 6.67 Å². The number of aliphatic hydroxyl groups excluding tert-OH is 1. The number of nitrogens with one attached hydrogen (secondary N) is 1. The van der Waals surface area contributed by atoms with Crippen LogP contribution in [0.2, 0.25) is 5.02 Å². The number of anilines is 2. The van der Waals surface area contributed by atoms with Crippen LogP contribution in [0.4, 0.5) is 16.2 Å². The summed E-state index contributed by atoms with van der Waals surface area (Å²) in [4.78, 5) is 20.2. The molecule has 2 amide bonds. The smallest absolute Gasteiger partial charge is 0.327 e. The van der Waals surface area contributed by atoms with Crippen LogP contribution in [0.15, 0.2) is 35.5 Å². The van der Waals surface area contributed by atoms with Crippen LogP contribution in [0, 0.1) is 5.92 Å². The summed E-state index contributed by atoms with van der Waals surface area (Å²) in [6, 6.07) is 5.25. The summed E-state index contributed by atoms with van der Waals surface area (Å²) in [6.45, 7) is 2.15. The van der Waals surface area contributed by atoms with Gasteiger partial charge in [0.2, 0.25) is 0 Å². The van der Waals surface area contributed by atoms with Crippen LogP contribution in [-0.4, -0.2) is 48.6 Å². The lowest BCUT2D eigenvalue weighted by Crippen LogP contribution is -2.38. The third kappa shape index (κ3) is 3.88. The minimum Gasteiger partial charge on any atom is -0.396 e. The fourth-order valence-electron chi connectivity index (χ4n) is 3.02. The van der Waals surface area contributed by atoms with Crippen molar-refractivity contribution in [2.24, 2.45) is 10.9 Å². The van der Waals surface area contributed by atoms with E-state index in [1.54, 1.807) is 24.6 Å². The van der Waals surface area contributed by atoms with E-state index in [2.05, 4.69) is 15.2 Å². The molecule has 6 nitrogen and oxygen atoms in total. The Morgan fingerprint density at radius 3 is 3.08 bits per heavy atom. The molecule has 2 aliphatic rings. The predicted octanol–water partition coefficient (Wildman–Crippen LogP) is 2.94. The highest BCUT2D eigenvalue weighted by Gasteiger charge is 2.22. The fraction of sp³-hybridized carbons (Fsp3) is 0.412. The number of nitrogens with zero attached hydrogens (tertiary/aromatic N) is 3. The van der Waals surface area contributed by atoms with E-state index in [4.69, 9.17) is 11.6 Å². The second-order valence-electron chi connectivity index (χ2n) is 6.01. The van der Waals surface area contributed by atoms with E-state index in [1.807, 2.05) is 12.1 Å². The molecular formula is C17H21ClN4O2. The lowest BCUT2D eigenvalue weighted by atomic mass is 9.98. The van der Waals surface area contributed by atoms with Gasteiger partial charge in [-0.3, -0.25) is 9.89 Å². The van der Waals surface area contributed by atoms with Gasteiger partial charge in [-0.15, -0.1) is 0 Å². The Kier molecular flexibility index (Phi) is 5.37. The standard InChI is InChI=1S/C17H21ClN4O2/c18-14-4-5-16(21-7-1-3-13(10-21)11-23)15(9-14)20-17(24)22-8-2-6-19-12-22/h2,4-6,8-9,13,23H,1,3,7,10-12H2,(H,20,24). The highest BCUT2D eigenvalue weighted by molar-refractivity contribution is 6.31. The van der Waals surface area contributed by atoms with Crippen LogP contribution >= 0.6 is 11.6 Å². The van der Waals surface area contributed by atoms with E-state index >= 15 is 0 Å². The molecule has 0 saturated carbocycles. The van der Waals surface area contributed by atoms with Gasteiger partial charge in [-0.25, -0.2) is 4.79 Å². The van der Waals surface area contributed by atoms with Gasteiger partial charge < -0.3 is 15.3 Å². The summed E-state index contributed by atoms with van der Waals surface area (Å²) in [5, 5.41) is 12.9. The number of aliphatic hydroxyl groups is 1. The number of halogens is 1. The molecule has 1 saturated heterocycles. The van der Waals surface area contributed by atoms with Gasteiger partial charge >= 0.3 is 6.03 Å². The van der Waals surface area contributed by atoms with E-state index in [1.165, 1.54) is 4.90 Å². The number of aliphatic imine (C=N–C) groups is 1. The van der Waals surface area contributed by atoms with Crippen LogP contribution in [0.3, 0.4) is 0 Å². The van der Waals surface area contributed by atoms with Crippen LogP contribution < -0.4 is 10.2 Å². The normalized spacial score (nSPS) is 20.3. The molecule has 2 N–H and O–H groups in total. The molecule has 1 aromatic rings. The van der Waals surface area contributed by atoms with Crippen molar-refractivity contribution in [1.82, 2.24) is 4.90 Å². The first-order chi connectivity index (χ1) is 11.7. The maximum Gasteiger partial charge on any atom is 0.327 e. The lowest BCUT2D eigenvalue weighted by Gasteiger charge is -2.35. The molecule has 0 radical (unpaired) electrons. The quantitative estimate of drug-likeness (QED) is 0.882. The lowest BCUT2D eigenvalue weighted by molar-refractivity contribution is 0.208. The highest BCUT2D eigenvalue weighted by atomic mass is 35.5. The Balaban J connectivity index is 1.79. The van der Waals surface area contributed by atoms with E-state index < -0.39 is 0 Å². The molecular weight excluding hydrogens is 328 g/mol. The second kappa shape index (κ2) is 7.68. The summed E-state index contributed by atoms with van der Waals surface area (Å²) < 4.78 is 0. The third-order valence-corrected chi connectivity index (χ3v) is 4.51. The zero-order valence-corrected chi connectivity index (χ0v) is 14.1. The number of amides is 2. The molecule has 2 heterocycles. The van der Waals surface area contributed by atoms with E-state index in [0.717, 1.165) is 31.6 Å². The van der Waals surface area contributed by atoms with Crippen molar-refractivity contribution >= 4 is 35.2 Å². The second-order valence-corrected chi connectivity index (χ2v) is 6.45. The number of hydrogen-bond acceptors (Lipinski definition) is 4. The molecule has 0 aliphatic carbocycles. The molecule has 0 spiro atoms. The summed E-state index contributed by atoms with van der Waals surface area (Å²) in [7, 11) is 0. The largest absolute Gasteiger partial charge is 0.396 e. The monoisotopic (exact) mass is 348 g/mol. The Morgan fingerprint density at radius 1 is 1.46 bits per heavy atom. The Morgan fingerprint density at radius 2 is 2.33 bits per heavy atom. The number of carbonyl (C=O) groups is 1. The average molecular weight is 349 g/mol. The Hall–Kier alpha value is -2.05. The van der Waals surface area contributed by atoms with Crippen molar-refractivity contribution in [2.75, 3.05) is 36.6 Å². The number of rotatable bonds is 3. The predicted molar refractivity (Wildman–Crippen MR) is 96.8 cm³/mol. The SMILES string of the molecule is O=C(Nc1cc(Cl)ccc1N1CCCC(CO)C1)N1C=CC=NC1. The maximum atomic E-state index is 12.4. The molecule has 2 aliphatic heterocycles. The summed E-state index contributed by atoms with van der Waals surface area (Å²) in [6.07, 6.45) is 7.12. The molecule has 3 rings (SSSR count). The number of hydrogen-bond donors (Lipinski definition) is 2. The molecule has 1 unspecified atom stereocenters. The minimum absolute atomic E-state index is 0.183. The van der Waals surface area contributed by atoms with Crippen LogP contribution in [-0.2, 0) is 0 Å².